The Morgan fingerprint density at radius 1 is 1.22 bits per heavy atom. The summed E-state index contributed by atoms with van der Waals surface area (Å²) in [5.74, 6) is -1.07. The first-order valence-corrected chi connectivity index (χ1v) is 5.66. The summed E-state index contributed by atoms with van der Waals surface area (Å²) in [6.07, 6.45) is -0.0460. The molecule has 5 nitrogen and oxygen atoms in total. The number of carboxylic acids is 1. The highest BCUT2D eigenvalue weighted by Gasteiger charge is 2.13. The third-order valence-electron chi connectivity index (χ3n) is 2.62. The lowest BCUT2D eigenvalue weighted by Crippen LogP contribution is -2.29. The number of carbonyl (C=O) groups excluding carboxylic acids is 1. The van der Waals surface area contributed by atoms with Gasteiger partial charge in [-0.2, -0.15) is 0 Å². The van der Waals surface area contributed by atoms with E-state index < -0.39 is 5.97 Å². The number of aliphatic carboxylic acids is 1. The van der Waals surface area contributed by atoms with Gasteiger partial charge in [0.15, 0.2) is 0 Å². The van der Waals surface area contributed by atoms with Crippen LogP contribution in [0, 0.1) is 0 Å². The van der Waals surface area contributed by atoms with Crippen LogP contribution in [0.2, 0.25) is 0 Å². The van der Waals surface area contributed by atoms with Crippen LogP contribution in [0.4, 0.5) is 5.69 Å². The molecule has 1 N–H and O–H groups in total. The molecule has 0 aliphatic rings. The van der Waals surface area contributed by atoms with Gasteiger partial charge in [-0.15, -0.1) is 0 Å². The molecule has 0 atom stereocenters. The fraction of sp³-hybridized carbons (Fsp3) is 0.385. The first kappa shape index (κ1) is 14.0. The Balaban J connectivity index is 2.77. The second kappa shape index (κ2) is 6.05. The molecule has 0 saturated heterocycles. The molecule has 0 aliphatic carbocycles. The lowest BCUT2D eigenvalue weighted by molar-refractivity contribution is -0.137. The van der Waals surface area contributed by atoms with E-state index in [2.05, 4.69) is 0 Å². The number of anilines is 1. The summed E-state index contributed by atoms with van der Waals surface area (Å²) in [4.78, 5) is 25.8. The molecule has 0 aromatic heterocycles. The van der Waals surface area contributed by atoms with Gasteiger partial charge in [-0.3, -0.25) is 9.59 Å². The first-order valence-electron chi connectivity index (χ1n) is 5.66. The molecule has 1 aromatic rings. The van der Waals surface area contributed by atoms with Gasteiger partial charge < -0.3 is 14.9 Å². The average Bonchev–Trinajstić information content (AvgIpc) is 2.35. The zero-order valence-corrected chi connectivity index (χ0v) is 10.9. The maximum atomic E-state index is 12.0. The van der Waals surface area contributed by atoms with Crippen molar-refractivity contribution < 1.29 is 14.7 Å². The van der Waals surface area contributed by atoms with E-state index in [9.17, 15) is 9.59 Å². The van der Waals surface area contributed by atoms with Crippen LogP contribution in [-0.4, -0.2) is 49.6 Å². The van der Waals surface area contributed by atoms with Crippen molar-refractivity contribution >= 4 is 17.6 Å². The summed E-state index contributed by atoms with van der Waals surface area (Å²) in [5.41, 5.74) is 1.50. The zero-order chi connectivity index (χ0) is 13.7. The lowest BCUT2D eigenvalue weighted by atomic mass is 10.1. The Bertz CT molecular complexity index is 444. The first-order chi connectivity index (χ1) is 8.41. The van der Waals surface area contributed by atoms with Crippen molar-refractivity contribution in [2.45, 2.75) is 6.42 Å². The van der Waals surface area contributed by atoms with E-state index in [0.29, 0.717) is 5.56 Å². The highest BCUT2D eigenvalue weighted by atomic mass is 16.4. The Labute approximate surface area is 107 Å². The molecule has 1 amide bonds. The fourth-order valence-electron chi connectivity index (χ4n) is 1.50. The molecule has 0 heterocycles. The van der Waals surface area contributed by atoms with Gasteiger partial charge in [0.2, 0.25) is 0 Å². The minimum atomic E-state index is -0.906. The highest BCUT2D eigenvalue weighted by molar-refractivity contribution is 5.95. The summed E-state index contributed by atoms with van der Waals surface area (Å²) in [5, 5.41) is 8.59. The van der Waals surface area contributed by atoms with Crippen LogP contribution in [0.5, 0.6) is 0 Å². The quantitative estimate of drug-likeness (QED) is 0.855. The van der Waals surface area contributed by atoms with Crippen molar-refractivity contribution in [2.75, 3.05) is 32.6 Å². The van der Waals surface area contributed by atoms with Gasteiger partial charge in [-0.1, -0.05) is 6.07 Å². The van der Waals surface area contributed by atoms with Crippen LogP contribution in [-0.2, 0) is 4.79 Å². The molecule has 0 fully saturated rings. The summed E-state index contributed by atoms with van der Waals surface area (Å²) >= 11 is 0. The van der Waals surface area contributed by atoms with E-state index in [-0.39, 0.29) is 18.9 Å². The summed E-state index contributed by atoms with van der Waals surface area (Å²) in [6.45, 7) is 0.209. The van der Waals surface area contributed by atoms with Crippen LogP contribution in [0.15, 0.2) is 24.3 Å². The third-order valence-corrected chi connectivity index (χ3v) is 2.62. The van der Waals surface area contributed by atoms with Crippen molar-refractivity contribution in [1.29, 1.82) is 0 Å². The monoisotopic (exact) mass is 250 g/mol. The Morgan fingerprint density at radius 2 is 1.89 bits per heavy atom. The number of hydrogen-bond donors (Lipinski definition) is 1. The largest absolute Gasteiger partial charge is 0.481 e. The number of hydrogen-bond acceptors (Lipinski definition) is 3. The molecule has 0 spiro atoms. The average molecular weight is 250 g/mol. The normalized spacial score (nSPS) is 9.94. The molecule has 5 heteroatoms. The molecule has 0 radical (unpaired) electrons. The summed E-state index contributed by atoms with van der Waals surface area (Å²) in [6, 6.07) is 7.24. The highest BCUT2D eigenvalue weighted by Crippen LogP contribution is 2.14. The molecular formula is C13H18N2O3. The van der Waals surface area contributed by atoms with E-state index in [1.165, 1.54) is 4.90 Å². The standard InChI is InChI=1S/C13H18N2O3/c1-14(2)11-6-4-5-10(9-11)13(18)15(3)8-7-12(16)17/h4-6,9H,7-8H2,1-3H3,(H,16,17). The van der Waals surface area contributed by atoms with Gasteiger partial charge in [0.05, 0.1) is 6.42 Å². The number of rotatable bonds is 5. The third kappa shape index (κ3) is 3.76. The Kier molecular flexibility index (Phi) is 4.71. The van der Waals surface area contributed by atoms with E-state index in [1.54, 1.807) is 19.2 Å². The number of benzene rings is 1. The molecule has 18 heavy (non-hydrogen) atoms. The van der Waals surface area contributed by atoms with Gasteiger partial charge in [-0.25, -0.2) is 0 Å². The maximum absolute atomic E-state index is 12.0. The Morgan fingerprint density at radius 3 is 2.44 bits per heavy atom. The SMILES string of the molecule is CN(CCC(=O)O)C(=O)c1cccc(N(C)C)c1. The van der Waals surface area contributed by atoms with Gasteiger partial charge in [0, 0.05) is 38.9 Å². The Hall–Kier alpha value is -2.04. The van der Waals surface area contributed by atoms with E-state index in [0.717, 1.165) is 5.69 Å². The summed E-state index contributed by atoms with van der Waals surface area (Å²) in [7, 11) is 5.41. The van der Waals surface area contributed by atoms with E-state index >= 15 is 0 Å². The van der Waals surface area contributed by atoms with Crippen molar-refractivity contribution in [2.24, 2.45) is 0 Å². The van der Waals surface area contributed by atoms with Crippen molar-refractivity contribution in [3.05, 3.63) is 29.8 Å². The number of carbonyl (C=O) groups is 2. The predicted octanol–water partition coefficient (Wildman–Crippen LogP) is 1.30. The lowest BCUT2D eigenvalue weighted by Gasteiger charge is -2.18. The fourth-order valence-corrected chi connectivity index (χ4v) is 1.50. The minimum absolute atomic E-state index is 0.0460. The van der Waals surface area contributed by atoms with E-state index in [4.69, 9.17) is 5.11 Å². The number of amides is 1. The van der Waals surface area contributed by atoms with Crippen LogP contribution in [0.3, 0.4) is 0 Å². The maximum Gasteiger partial charge on any atom is 0.305 e. The zero-order valence-electron chi connectivity index (χ0n) is 10.9. The van der Waals surface area contributed by atoms with Gasteiger partial charge in [0.1, 0.15) is 0 Å². The molecule has 1 rings (SSSR count). The van der Waals surface area contributed by atoms with Crippen molar-refractivity contribution in [3.8, 4) is 0 Å². The second-order valence-corrected chi connectivity index (χ2v) is 4.32. The van der Waals surface area contributed by atoms with E-state index in [1.807, 2.05) is 31.1 Å². The summed E-state index contributed by atoms with van der Waals surface area (Å²) < 4.78 is 0. The van der Waals surface area contributed by atoms with Gasteiger partial charge in [-0.05, 0) is 18.2 Å². The second-order valence-electron chi connectivity index (χ2n) is 4.32. The smallest absolute Gasteiger partial charge is 0.305 e. The van der Waals surface area contributed by atoms with Crippen molar-refractivity contribution in [1.82, 2.24) is 4.90 Å². The molecule has 0 bridgehead atoms. The predicted molar refractivity (Wildman–Crippen MR) is 70.0 cm³/mol. The van der Waals surface area contributed by atoms with Crippen LogP contribution >= 0.6 is 0 Å². The van der Waals surface area contributed by atoms with Gasteiger partial charge >= 0.3 is 5.97 Å². The molecule has 0 unspecified atom stereocenters. The molecule has 0 saturated carbocycles. The molecular weight excluding hydrogens is 232 g/mol. The number of carboxylic acid groups (broad SMARTS) is 1. The molecule has 98 valence electrons. The van der Waals surface area contributed by atoms with Crippen LogP contribution < -0.4 is 4.90 Å². The molecule has 0 aliphatic heterocycles. The van der Waals surface area contributed by atoms with Crippen LogP contribution in [0.1, 0.15) is 16.8 Å². The minimum Gasteiger partial charge on any atom is -0.481 e. The molecule has 1 aromatic carbocycles. The van der Waals surface area contributed by atoms with Crippen LogP contribution in [0.25, 0.3) is 0 Å². The van der Waals surface area contributed by atoms with Gasteiger partial charge in [0.25, 0.3) is 5.91 Å². The number of nitrogens with zero attached hydrogens (tertiary/aromatic N) is 2. The van der Waals surface area contributed by atoms with Crippen molar-refractivity contribution in [3.63, 3.8) is 0 Å². The topological polar surface area (TPSA) is 60.9 Å².